The first-order chi connectivity index (χ1) is 11.9. The Hall–Kier alpha value is -2.70. The summed E-state index contributed by atoms with van der Waals surface area (Å²) in [5.41, 5.74) is 14.8. The Morgan fingerprint density at radius 1 is 0.760 bits per heavy atom. The number of carboxylic acids is 2. The van der Waals surface area contributed by atoms with Crippen molar-refractivity contribution in [3.8, 4) is 11.1 Å². The predicted molar refractivity (Wildman–Crippen MR) is 95.1 cm³/mol. The number of hydrogen-bond donors (Lipinski definition) is 4. The van der Waals surface area contributed by atoms with Crippen LogP contribution in [0.5, 0.6) is 0 Å². The van der Waals surface area contributed by atoms with Crippen LogP contribution in [0.1, 0.15) is 24.3 Å². The van der Waals surface area contributed by atoms with E-state index < -0.39 is 29.9 Å². The van der Waals surface area contributed by atoms with Crippen molar-refractivity contribution in [3.63, 3.8) is 0 Å². The van der Waals surface area contributed by atoms with Gasteiger partial charge in [0.05, 0.1) is 12.8 Å². The summed E-state index contributed by atoms with van der Waals surface area (Å²) in [5, 5.41) is 18.0. The minimum absolute atomic E-state index is 0.279. The Labute approximate surface area is 146 Å². The number of aliphatic carboxylic acids is 2. The second-order valence-corrected chi connectivity index (χ2v) is 6.04. The van der Waals surface area contributed by atoms with Gasteiger partial charge in [0, 0.05) is 18.0 Å². The van der Waals surface area contributed by atoms with E-state index in [1.807, 2.05) is 54.6 Å². The number of hydrogen-bond acceptors (Lipinski definition) is 4. The number of nitrogens with two attached hydrogens (primary N) is 2. The van der Waals surface area contributed by atoms with Gasteiger partial charge in [-0.1, -0.05) is 54.6 Å². The normalized spacial score (nSPS) is 14.5. The SMILES string of the molecule is NC(CC(=O)O)C(c1ccc(-c2ccccc2)cc1)C(N)CC(=O)O. The molecule has 2 aromatic rings. The molecule has 0 saturated heterocycles. The van der Waals surface area contributed by atoms with E-state index in [2.05, 4.69) is 0 Å². The molecule has 0 bridgehead atoms. The maximum atomic E-state index is 11.0. The zero-order valence-electron chi connectivity index (χ0n) is 13.7. The molecule has 6 nitrogen and oxygen atoms in total. The van der Waals surface area contributed by atoms with Crippen LogP contribution in [0.3, 0.4) is 0 Å². The minimum atomic E-state index is -1.04. The van der Waals surface area contributed by atoms with Gasteiger partial charge >= 0.3 is 11.9 Å². The van der Waals surface area contributed by atoms with E-state index in [4.69, 9.17) is 21.7 Å². The van der Waals surface area contributed by atoms with Crippen molar-refractivity contribution in [2.75, 3.05) is 0 Å². The summed E-state index contributed by atoms with van der Waals surface area (Å²) in [6.45, 7) is 0. The smallest absolute Gasteiger partial charge is 0.304 e. The van der Waals surface area contributed by atoms with Crippen LogP contribution in [0.4, 0.5) is 0 Å². The van der Waals surface area contributed by atoms with E-state index in [-0.39, 0.29) is 12.8 Å². The lowest BCUT2D eigenvalue weighted by atomic mass is 9.82. The molecule has 0 heterocycles. The molecule has 0 aliphatic rings. The minimum Gasteiger partial charge on any atom is -0.481 e. The first kappa shape index (κ1) is 18.6. The van der Waals surface area contributed by atoms with E-state index in [0.717, 1.165) is 16.7 Å². The van der Waals surface area contributed by atoms with Crippen LogP contribution >= 0.6 is 0 Å². The third kappa shape index (κ3) is 5.14. The molecule has 6 N–H and O–H groups in total. The van der Waals surface area contributed by atoms with Crippen molar-refractivity contribution in [1.82, 2.24) is 0 Å². The van der Waals surface area contributed by atoms with Crippen molar-refractivity contribution in [3.05, 3.63) is 60.2 Å². The van der Waals surface area contributed by atoms with Crippen LogP contribution < -0.4 is 11.5 Å². The van der Waals surface area contributed by atoms with Gasteiger partial charge in [-0.3, -0.25) is 9.59 Å². The maximum Gasteiger partial charge on any atom is 0.304 e. The first-order valence-corrected chi connectivity index (χ1v) is 7.98. The second kappa shape index (κ2) is 8.41. The topological polar surface area (TPSA) is 127 Å². The van der Waals surface area contributed by atoms with Gasteiger partial charge in [0.2, 0.25) is 0 Å². The van der Waals surface area contributed by atoms with Crippen molar-refractivity contribution in [2.45, 2.75) is 30.8 Å². The lowest BCUT2D eigenvalue weighted by Gasteiger charge is -2.28. The summed E-state index contributed by atoms with van der Waals surface area (Å²) in [5.74, 6) is -2.64. The van der Waals surface area contributed by atoms with Crippen LogP contribution in [0.15, 0.2) is 54.6 Å². The summed E-state index contributed by atoms with van der Waals surface area (Å²) in [4.78, 5) is 22.0. The average molecular weight is 342 g/mol. The Balaban J connectivity index is 2.29. The predicted octanol–water partition coefficient (Wildman–Crippen LogP) is 2.04. The molecule has 2 rings (SSSR count). The summed E-state index contributed by atoms with van der Waals surface area (Å²) in [6.07, 6.45) is -0.559. The number of carbonyl (C=O) groups is 2. The molecule has 132 valence electrons. The monoisotopic (exact) mass is 342 g/mol. The van der Waals surface area contributed by atoms with Gasteiger partial charge in [0.1, 0.15) is 0 Å². The highest BCUT2D eigenvalue weighted by molar-refractivity contribution is 5.69. The Kier molecular flexibility index (Phi) is 6.27. The fourth-order valence-corrected chi connectivity index (χ4v) is 3.00. The number of carboxylic acid groups (broad SMARTS) is 2. The van der Waals surface area contributed by atoms with Gasteiger partial charge < -0.3 is 21.7 Å². The standard InChI is InChI=1S/C19H22N2O4/c20-15(10-17(22)23)19(16(21)11-18(24)25)14-8-6-13(7-9-14)12-4-2-1-3-5-12/h1-9,15-16,19H,10-11,20-21H2,(H,22,23)(H,24,25). The van der Waals surface area contributed by atoms with E-state index in [9.17, 15) is 9.59 Å². The van der Waals surface area contributed by atoms with Gasteiger partial charge in [0.15, 0.2) is 0 Å². The average Bonchev–Trinajstić information content (AvgIpc) is 2.55. The molecule has 0 aliphatic carbocycles. The van der Waals surface area contributed by atoms with Crippen LogP contribution in [-0.4, -0.2) is 34.2 Å². The molecule has 0 fully saturated rings. The van der Waals surface area contributed by atoms with E-state index in [1.165, 1.54) is 0 Å². The number of rotatable bonds is 8. The Morgan fingerprint density at radius 3 is 1.64 bits per heavy atom. The van der Waals surface area contributed by atoms with Crippen LogP contribution in [0, 0.1) is 0 Å². The van der Waals surface area contributed by atoms with Gasteiger partial charge in [-0.25, -0.2) is 0 Å². The summed E-state index contributed by atoms with van der Waals surface area (Å²) >= 11 is 0. The lowest BCUT2D eigenvalue weighted by molar-refractivity contribution is -0.137. The maximum absolute atomic E-state index is 11.0. The molecule has 0 spiro atoms. The lowest BCUT2D eigenvalue weighted by Crippen LogP contribution is -2.43. The van der Waals surface area contributed by atoms with Crippen molar-refractivity contribution >= 4 is 11.9 Å². The van der Waals surface area contributed by atoms with Crippen molar-refractivity contribution in [2.24, 2.45) is 11.5 Å². The molecular formula is C19H22N2O4. The van der Waals surface area contributed by atoms with E-state index in [0.29, 0.717) is 0 Å². The Bertz CT molecular complexity index is 694. The molecule has 25 heavy (non-hydrogen) atoms. The largest absolute Gasteiger partial charge is 0.481 e. The highest BCUT2D eigenvalue weighted by atomic mass is 16.4. The molecular weight excluding hydrogens is 320 g/mol. The van der Waals surface area contributed by atoms with Gasteiger partial charge in [0.25, 0.3) is 0 Å². The van der Waals surface area contributed by atoms with Gasteiger partial charge in [-0.05, 0) is 16.7 Å². The zero-order chi connectivity index (χ0) is 18.4. The van der Waals surface area contributed by atoms with Crippen LogP contribution in [0.2, 0.25) is 0 Å². The fraction of sp³-hybridized carbons (Fsp3) is 0.263. The van der Waals surface area contributed by atoms with Crippen LogP contribution in [0.25, 0.3) is 11.1 Å². The quantitative estimate of drug-likeness (QED) is 0.581. The molecule has 2 unspecified atom stereocenters. The van der Waals surface area contributed by atoms with Gasteiger partial charge in [-0.15, -0.1) is 0 Å². The highest BCUT2D eigenvalue weighted by Crippen LogP contribution is 2.28. The van der Waals surface area contributed by atoms with Crippen LogP contribution in [-0.2, 0) is 9.59 Å². The van der Waals surface area contributed by atoms with E-state index in [1.54, 1.807) is 0 Å². The molecule has 0 aliphatic heterocycles. The molecule has 0 amide bonds. The molecule has 0 aromatic heterocycles. The zero-order valence-corrected chi connectivity index (χ0v) is 13.7. The summed E-state index contributed by atoms with van der Waals surface area (Å²) < 4.78 is 0. The van der Waals surface area contributed by atoms with E-state index >= 15 is 0 Å². The summed E-state index contributed by atoms with van der Waals surface area (Å²) in [7, 11) is 0. The van der Waals surface area contributed by atoms with Crippen molar-refractivity contribution in [1.29, 1.82) is 0 Å². The number of benzene rings is 2. The molecule has 2 aromatic carbocycles. The highest BCUT2D eigenvalue weighted by Gasteiger charge is 2.29. The van der Waals surface area contributed by atoms with Gasteiger partial charge in [-0.2, -0.15) is 0 Å². The van der Waals surface area contributed by atoms with Crippen molar-refractivity contribution < 1.29 is 19.8 Å². The first-order valence-electron chi connectivity index (χ1n) is 7.98. The fourth-order valence-electron chi connectivity index (χ4n) is 3.00. The Morgan fingerprint density at radius 2 is 1.20 bits per heavy atom. The molecule has 0 saturated carbocycles. The third-order valence-corrected chi connectivity index (χ3v) is 4.15. The summed E-state index contributed by atoms with van der Waals surface area (Å²) in [6, 6.07) is 15.7. The second-order valence-electron chi connectivity index (χ2n) is 6.04. The third-order valence-electron chi connectivity index (χ3n) is 4.15. The molecule has 0 radical (unpaired) electrons. The molecule has 2 atom stereocenters. The molecule has 6 heteroatoms.